The summed E-state index contributed by atoms with van der Waals surface area (Å²) in [6, 6.07) is 14.4. The zero-order valence-electron chi connectivity index (χ0n) is 10.6. The molecule has 0 aliphatic carbocycles. The van der Waals surface area contributed by atoms with Crippen molar-refractivity contribution in [1.29, 1.82) is 0 Å². The average Bonchev–Trinajstić information content (AvgIpc) is 2.48. The van der Waals surface area contributed by atoms with Gasteiger partial charge in [0, 0.05) is 24.0 Å². The molecule has 0 saturated heterocycles. The maximum Gasteiger partial charge on any atom is 0.260 e. The molecule has 2 heterocycles. The van der Waals surface area contributed by atoms with Crippen molar-refractivity contribution >= 4 is 0 Å². The Labute approximate surface area is 115 Å². The SMILES string of the molecule is O=c1[nH]c(-c2ccccc2)cc(O)c1-c1cccnc1. The molecule has 3 aromatic rings. The summed E-state index contributed by atoms with van der Waals surface area (Å²) in [5.74, 6) is -0.0550. The van der Waals surface area contributed by atoms with Gasteiger partial charge in [0.2, 0.25) is 0 Å². The lowest BCUT2D eigenvalue weighted by atomic mass is 10.1. The fourth-order valence-electron chi connectivity index (χ4n) is 2.11. The van der Waals surface area contributed by atoms with Gasteiger partial charge in [-0.05, 0) is 11.6 Å². The first-order valence-electron chi connectivity index (χ1n) is 6.18. The molecule has 1 aromatic carbocycles. The number of pyridine rings is 2. The largest absolute Gasteiger partial charge is 0.507 e. The molecule has 0 radical (unpaired) electrons. The van der Waals surface area contributed by atoms with E-state index in [-0.39, 0.29) is 16.9 Å². The zero-order valence-corrected chi connectivity index (χ0v) is 10.6. The molecule has 0 bridgehead atoms. The van der Waals surface area contributed by atoms with Gasteiger partial charge in [-0.25, -0.2) is 0 Å². The number of H-pyrrole nitrogens is 1. The second kappa shape index (κ2) is 5.01. The molecule has 0 saturated carbocycles. The van der Waals surface area contributed by atoms with E-state index < -0.39 is 0 Å². The number of aromatic hydroxyl groups is 1. The van der Waals surface area contributed by atoms with Crippen molar-refractivity contribution in [3.63, 3.8) is 0 Å². The van der Waals surface area contributed by atoms with E-state index in [0.717, 1.165) is 5.56 Å². The van der Waals surface area contributed by atoms with Crippen LogP contribution in [0.4, 0.5) is 0 Å². The van der Waals surface area contributed by atoms with Crippen LogP contribution < -0.4 is 5.56 Å². The van der Waals surface area contributed by atoms with Gasteiger partial charge < -0.3 is 10.1 Å². The highest BCUT2D eigenvalue weighted by Crippen LogP contribution is 2.27. The van der Waals surface area contributed by atoms with Crippen LogP contribution in [0.2, 0.25) is 0 Å². The zero-order chi connectivity index (χ0) is 13.9. The Morgan fingerprint density at radius 1 is 1.00 bits per heavy atom. The van der Waals surface area contributed by atoms with Crippen LogP contribution in [0.15, 0.2) is 65.7 Å². The van der Waals surface area contributed by atoms with Crippen molar-refractivity contribution in [2.24, 2.45) is 0 Å². The number of aromatic amines is 1. The quantitative estimate of drug-likeness (QED) is 0.748. The van der Waals surface area contributed by atoms with Gasteiger partial charge in [-0.3, -0.25) is 9.78 Å². The highest BCUT2D eigenvalue weighted by Gasteiger charge is 2.11. The number of nitrogens with zero attached hydrogens (tertiary/aromatic N) is 1. The summed E-state index contributed by atoms with van der Waals surface area (Å²) in [4.78, 5) is 18.9. The summed E-state index contributed by atoms with van der Waals surface area (Å²) in [5.41, 5.74) is 1.92. The normalized spacial score (nSPS) is 10.4. The lowest BCUT2D eigenvalue weighted by Gasteiger charge is -2.07. The number of aromatic nitrogens is 2. The molecule has 0 unspecified atom stereocenters. The summed E-state index contributed by atoms with van der Waals surface area (Å²) >= 11 is 0. The maximum atomic E-state index is 12.2. The Morgan fingerprint density at radius 2 is 1.75 bits per heavy atom. The van der Waals surface area contributed by atoms with E-state index in [9.17, 15) is 9.90 Å². The second-order valence-corrected chi connectivity index (χ2v) is 4.38. The Morgan fingerprint density at radius 3 is 2.40 bits per heavy atom. The standard InChI is InChI=1S/C16H12N2O2/c19-14-9-13(11-5-2-1-3-6-11)18-16(20)15(14)12-7-4-8-17-10-12/h1-10H,(H2,18,19,20). The molecule has 0 atom stereocenters. The Bertz CT molecular complexity index is 781. The lowest BCUT2D eigenvalue weighted by molar-refractivity contribution is 0.476. The third kappa shape index (κ3) is 2.19. The molecular weight excluding hydrogens is 252 g/mol. The molecule has 2 aromatic heterocycles. The van der Waals surface area contributed by atoms with E-state index >= 15 is 0 Å². The van der Waals surface area contributed by atoms with Crippen LogP contribution in [-0.4, -0.2) is 15.1 Å². The molecule has 0 aliphatic heterocycles. The van der Waals surface area contributed by atoms with Crippen LogP contribution in [0.3, 0.4) is 0 Å². The van der Waals surface area contributed by atoms with Crippen molar-refractivity contribution in [3.8, 4) is 28.1 Å². The van der Waals surface area contributed by atoms with Crippen LogP contribution in [0.1, 0.15) is 0 Å². The Kier molecular flexibility index (Phi) is 3.05. The highest BCUT2D eigenvalue weighted by molar-refractivity contribution is 5.72. The van der Waals surface area contributed by atoms with Crippen LogP contribution >= 0.6 is 0 Å². The van der Waals surface area contributed by atoms with Crippen LogP contribution in [0.25, 0.3) is 22.4 Å². The molecule has 0 aliphatic rings. The third-order valence-corrected chi connectivity index (χ3v) is 3.05. The van der Waals surface area contributed by atoms with E-state index in [1.54, 1.807) is 30.6 Å². The van der Waals surface area contributed by atoms with E-state index in [2.05, 4.69) is 9.97 Å². The summed E-state index contributed by atoms with van der Waals surface area (Å²) in [6.07, 6.45) is 3.17. The van der Waals surface area contributed by atoms with Gasteiger partial charge in [-0.1, -0.05) is 36.4 Å². The fourth-order valence-corrected chi connectivity index (χ4v) is 2.11. The van der Waals surface area contributed by atoms with Gasteiger partial charge in [0.1, 0.15) is 5.75 Å². The van der Waals surface area contributed by atoms with Crippen LogP contribution in [0.5, 0.6) is 5.75 Å². The first-order valence-corrected chi connectivity index (χ1v) is 6.18. The van der Waals surface area contributed by atoms with E-state index in [1.807, 2.05) is 30.3 Å². The lowest BCUT2D eigenvalue weighted by Crippen LogP contribution is -2.10. The molecule has 0 fully saturated rings. The van der Waals surface area contributed by atoms with Crippen molar-refractivity contribution in [2.75, 3.05) is 0 Å². The number of hydrogen-bond donors (Lipinski definition) is 2. The molecule has 4 heteroatoms. The van der Waals surface area contributed by atoms with E-state index in [4.69, 9.17) is 0 Å². The molecule has 98 valence electrons. The maximum absolute atomic E-state index is 12.2. The smallest absolute Gasteiger partial charge is 0.260 e. The molecule has 0 amide bonds. The molecule has 4 nitrogen and oxygen atoms in total. The van der Waals surface area contributed by atoms with Crippen molar-refractivity contribution in [1.82, 2.24) is 9.97 Å². The minimum absolute atomic E-state index is 0.0550. The topological polar surface area (TPSA) is 66.0 Å². The number of rotatable bonds is 2. The first kappa shape index (κ1) is 12.2. The van der Waals surface area contributed by atoms with E-state index in [0.29, 0.717) is 11.3 Å². The number of benzene rings is 1. The van der Waals surface area contributed by atoms with E-state index in [1.165, 1.54) is 0 Å². The molecule has 20 heavy (non-hydrogen) atoms. The summed E-state index contributed by atoms with van der Waals surface area (Å²) in [7, 11) is 0. The monoisotopic (exact) mass is 264 g/mol. The van der Waals surface area contributed by atoms with Gasteiger partial charge in [0.15, 0.2) is 0 Å². The van der Waals surface area contributed by atoms with Crippen molar-refractivity contribution in [2.45, 2.75) is 0 Å². The van der Waals surface area contributed by atoms with Crippen molar-refractivity contribution in [3.05, 3.63) is 71.3 Å². The fraction of sp³-hybridized carbons (Fsp3) is 0. The third-order valence-electron chi connectivity index (χ3n) is 3.05. The van der Waals surface area contributed by atoms with Gasteiger partial charge in [-0.2, -0.15) is 0 Å². The molecule has 0 spiro atoms. The predicted octanol–water partition coefficient (Wildman–Crippen LogP) is 2.81. The van der Waals surface area contributed by atoms with Crippen molar-refractivity contribution < 1.29 is 5.11 Å². The Balaban J connectivity index is 2.16. The van der Waals surface area contributed by atoms with Gasteiger partial charge in [0.05, 0.1) is 11.3 Å². The minimum Gasteiger partial charge on any atom is -0.507 e. The van der Waals surface area contributed by atoms with Gasteiger partial charge in [-0.15, -0.1) is 0 Å². The summed E-state index contributed by atoms with van der Waals surface area (Å²) in [5, 5.41) is 10.1. The second-order valence-electron chi connectivity index (χ2n) is 4.38. The average molecular weight is 264 g/mol. The summed E-state index contributed by atoms with van der Waals surface area (Å²) < 4.78 is 0. The molecule has 3 rings (SSSR count). The van der Waals surface area contributed by atoms with Crippen LogP contribution in [0, 0.1) is 0 Å². The predicted molar refractivity (Wildman–Crippen MR) is 77.4 cm³/mol. The Hall–Kier alpha value is -2.88. The van der Waals surface area contributed by atoms with Gasteiger partial charge >= 0.3 is 0 Å². The minimum atomic E-state index is -0.336. The van der Waals surface area contributed by atoms with Crippen LogP contribution in [-0.2, 0) is 0 Å². The highest BCUT2D eigenvalue weighted by atomic mass is 16.3. The summed E-state index contributed by atoms with van der Waals surface area (Å²) in [6.45, 7) is 0. The number of hydrogen-bond acceptors (Lipinski definition) is 3. The first-order chi connectivity index (χ1) is 9.75. The number of nitrogens with one attached hydrogen (secondary N) is 1. The van der Waals surface area contributed by atoms with Gasteiger partial charge in [0.25, 0.3) is 5.56 Å². The molecular formula is C16H12N2O2. The molecule has 2 N–H and O–H groups in total.